The molecule has 2 aromatic carbocycles. The molecule has 1 N–H and O–H groups in total. The highest BCUT2D eigenvalue weighted by molar-refractivity contribution is 7.90. The lowest BCUT2D eigenvalue weighted by Crippen LogP contribution is -2.19. The van der Waals surface area contributed by atoms with Gasteiger partial charge in [-0.1, -0.05) is 41.4 Å². The van der Waals surface area contributed by atoms with Gasteiger partial charge in [0.25, 0.3) is 10.0 Å². The quantitative estimate of drug-likeness (QED) is 0.501. The summed E-state index contributed by atoms with van der Waals surface area (Å²) in [4.78, 5) is -0.371. The molecule has 0 bridgehead atoms. The number of nitrogens with zero attached hydrogens (tertiary/aromatic N) is 5. The number of nitrogens with one attached hydrogen (secondary N) is 1. The van der Waals surface area contributed by atoms with Crippen molar-refractivity contribution in [3.8, 4) is 0 Å². The zero-order valence-corrected chi connectivity index (χ0v) is 16.8. The minimum atomic E-state index is -4.37. The third-order valence-electron chi connectivity index (χ3n) is 4.24. The van der Waals surface area contributed by atoms with Gasteiger partial charge in [0.1, 0.15) is 4.90 Å². The lowest BCUT2D eigenvalue weighted by atomic mass is 10.1. The van der Waals surface area contributed by atoms with Crippen molar-refractivity contribution in [1.29, 1.82) is 0 Å². The number of fused-ring (bicyclic) bond motifs is 1. The second-order valence-corrected chi connectivity index (χ2v) is 8.56. The molecule has 4 aromatic rings. The van der Waals surface area contributed by atoms with Gasteiger partial charge in [-0.15, -0.1) is 5.10 Å². The van der Waals surface area contributed by atoms with Crippen molar-refractivity contribution in [1.82, 2.24) is 29.8 Å². The Bertz CT molecular complexity index is 1320. The van der Waals surface area contributed by atoms with E-state index in [0.29, 0.717) is 15.2 Å². The first kappa shape index (κ1) is 19.7. The van der Waals surface area contributed by atoms with Crippen LogP contribution in [-0.4, -0.2) is 38.2 Å². The van der Waals surface area contributed by atoms with Gasteiger partial charge in [-0.2, -0.15) is 26.4 Å². The molecule has 150 valence electrons. The van der Waals surface area contributed by atoms with Crippen molar-refractivity contribution in [3.63, 3.8) is 0 Å². The van der Waals surface area contributed by atoms with Gasteiger partial charge >= 0.3 is 5.92 Å². The van der Waals surface area contributed by atoms with Gasteiger partial charge in [-0.25, -0.2) is 5.10 Å². The van der Waals surface area contributed by atoms with Crippen molar-refractivity contribution >= 4 is 44.1 Å². The summed E-state index contributed by atoms with van der Waals surface area (Å²) in [6.45, 7) is 1.56. The summed E-state index contributed by atoms with van der Waals surface area (Å²) in [6.07, 6.45) is 0. The predicted octanol–water partition coefficient (Wildman–Crippen LogP) is 3.54. The van der Waals surface area contributed by atoms with E-state index >= 15 is 0 Å². The number of aromatic nitrogens is 6. The van der Waals surface area contributed by atoms with Crippen LogP contribution in [0.5, 0.6) is 0 Å². The molecule has 8 nitrogen and oxygen atoms in total. The van der Waals surface area contributed by atoms with E-state index in [0.717, 1.165) is 12.1 Å². The minimum absolute atomic E-state index is 0.0665. The molecule has 29 heavy (non-hydrogen) atoms. The van der Waals surface area contributed by atoms with Crippen LogP contribution in [0.3, 0.4) is 0 Å². The average molecular weight is 459 g/mol. The summed E-state index contributed by atoms with van der Waals surface area (Å²) < 4.78 is 56.5. The lowest BCUT2D eigenvalue weighted by Gasteiger charge is -2.14. The highest BCUT2D eigenvalue weighted by Crippen LogP contribution is 2.37. The zero-order chi connectivity index (χ0) is 21.0. The molecule has 4 rings (SSSR count). The summed E-state index contributed by atoms with van der Waals surface area (Å²) >= 11 is 12.1. The van der Waals surface area contributed by atoms with E-state index in [1.807, 2.05) is 5.10 Å². The molecular weight excluding hydrogens is 449 g/mol. The van der Waals surface area contributed by atoms with Crippen molar-refractivity contribution < 1.29 is 17.2 Å². The molecule has 0 aliphatic rings. The molecule has 0 fully saturated rings. The Labute approximate surface area is 172 Å². The molecule has 0 spiro atoms. The lowest BCUT2D eigenvalue weighted by molar-refractivity contribution is 0.0330. The maximum atomic E-state index is 14.7. The predicted molar refractivity (Wildman–Crippen MR) is 101 cm³/mol. The van der Waals surface area contributed by atoms with Crippen LogP contribution in [0.25, 0.3) is 10.9 Å². The Morgan fingerprint density at radius 3 is 2.45 bits per heavy atom. The van der Waals surface area contributed by atoms with E-state index in [2.05, 4.69) is 20.6 Å². The molecule has 0 unspecified atom stereocenters. The van der Waals surface area contributed by atoms with Crippen molar-refractivity contribution in [2.75, 3.05) is 0 Å². The molecule has 0 aliphatic heterocycles. The van der Waals surface area contributed by atoms with E-state index in [9.17, 15) is 17.2 Å². The van der Waals surface area contributed by atoms with Gasteiger partial charge in [-0.3, -0.25) is 0 Å². The molecule has 0 aliphatic carbocycles. The average Bonchev–Trinajstić information content (AvgIpc) is 3.30. The third kappa shape index (κ3) is 3.05. The van der Waals surface area contributed by atoms with Crippen LogP contribution < -0.4 is 0 Å². The SMILES string of the molecule is Cc1nn(S(=O)(=O)c2c(Cl)cccc2Cl)c2cc(C(F)(F)c3nnn[nH]3)ccc12. The molecule has 0 atom stereocenters. The highest BCUT2D eigenvalue weighted by Gasteiger charge is 2.39. The molecule has 0 radical (unpaired) electrons. The Hall–Kier alpha value is -2.63. The first-order valence-electron chi connectivity index (χ1n) is 7.95. The number of halogens is 4. The summed E-state index contributed by atoms with van der Waals surface area (Å²) in [5.74, 6) is -4.37. The highest BCUT2D eigenvalue weighted by atomic mass is 35.5. The first-order chi connectivity index (χ1) is 13.6. The number of H-pyrrole nitrogens is 1. The number of hydrogen-bond donors (Lipinski definition) is 1. The van der Waals surface area contributed by atoms with Gasteiger partial charge < -0.3 is 0 Å². The van der Waals surface area contributed by atoms with Crippen molar-refractivity contribution in [3.05, 3.63) is 63.5 Å². The summed E-state index contributed by atoms with van der Waals surface area (Å²) in [5.41, 5.74) is -0.267. The minimum Gasteiger partial charge on any atom is -0.237 e. The second-order valence-electron chi connectivity index (χ2n) is 6.04. The summed E-state index contributed by atoms with van der Waals surface area (Å²) in [7, 11) is -4.37. The molecule has 13 heteroatoms. The fourth-order valence-corrected chi connectivity index (χ4v) is 5.29. The van der Waals surface area contributed by atoms with Crippen LogP contribution in [0.1, 0.15) is 17.1 Å². The Balaban J connectivity index is 1.97. The number of hydrogen-bond acceptors (Lipinski definition) is 6. The second kappa shape index (κ2) is 6.71. The van der Waals surface area contributed by atoms with Crippen molar-refractivity contribution in [2.45, 2.75) is 17.7 Å². The van der Waals surface area contributed by atoms with Gasteiger partial charge in [0, 0.05) is 10.9 Å². The van der Waals surface area contributed by atoms with Crippen LogP contribution in [0.2, 0.25) is 10.0 Å². The normalized spacial score (nSPS) is 12.6. The van der Waals surface area contributed by atoms with Crippen LogP contribution in [-0.2, 0) is 15.9 Å². The first-order valence-corrected chi connectivity index (χ1v) is 10.1. The van der Waals surface area contributed by atoms with E-state index in [4.69, 9.17) is 23.2 Å². The van der Waals surface area contributed by atoms with Crippen LogP contribution in [0, 0.1) is 6.92 Å². The topological polar surface area (TPSA) is 106 Å². The number of tetrazole rings is 1. The number of aryl methyl sites for hydroxylation is 1. The Morgan fingerprint density at radius 2 is 1.83 bits per heavy atom. The van der Waals surface area contributed by atoms with E-state index in [-0.39, 0.29) is 20.5 Å². The fourth-order valence-electron chi connectivity index (χ4n) is 2.86. The fraction of sp³-hybridized carbons (Fsp3) is 0.125. The number of aromatic amines is 1. The Morgan fingerprint density at radius 1 is 1.14 bits per heavy atom. The smallest absolute Gasteiger partial charge is 0.237 e. The maximum absolute atomic E-state index is 14.7. The van der Waals surface area contributed by atoms with Crippen LogP contribution in [0.15, 0.2) is 41.3 Å². The van der Waals surface area contributed by atoms with Gasteiger partial charge in [0.05, 0.1) is 21.3 Å². The summed E-state index contributed by atoms with van der Waals surface area (Å²) in [6, 6.07) is 7.72. The van der Waals surface area contributed by atoms with Gasteiger partial charge in [0.15, 0.2) is 0 Å². The monoisotopic (exact) mass is 458 g/mol. The molecule has 0 saturated heterocycles. The molecular formula is C16H10Cl2F2N6O2S. The number of alkyl halides is 2. The molecule has 0 amide bonds. The summed E-state index contributed by atoms with van der Waals surface area (Å²) in [5, 5.41) is 15.7. The van der Waals surface area contributed by atoms with E-state index in [1.54, 1.807) is 6.92 Å². The van der Waals surface area contributed by atoms with E-state index < -0.39 is 27.3 Å². The number of rotatable bonds is 4. The molecule has 2 heterocycles. The Kier molecular flexibility index (Phi) is 4.56. The van der Waals surface area contributed by atoms with Gasteiger partial charge in [-0.05, 0) is 35.5 Å². The van der Waals surface area contributed by atoms with Gasteiger partial charge in [0.2, 0.25) is 5.82 Å². The largest absolute Gasteiger partial charge is 0.333 e. The maximum Gasteiger partial charge on any atom is 0.333 e. The van der Waals surface area contributed by atoms with Crippen molar-refractivity contribution in [2.24, 2.45) is 0 Å². The van der Waals surface area contributed by atoms with E-state index in [1.165, 1.54) is 24.3 Å². The zero-order valence-electron chi connectivity index (χ0n) is 14.4. The number of benzene rings is 2. The molecule has 2 aromatic heterocycles. The standard InChI is InChI=1S/C16H10Cl2F2N6O2S/c1-8-10-6-5-9(16(19,20)15-21-24-25-22-15)7-13(10)26(23-8)29(27,28)14-11(17)3-2-4-12(14)18/h2-7H,1H3,(H,21,22,24,25). The van der Waals surface area contributed by atoms with Crippen LogP contribution >= 0.6 is 23.2 Å². The third-order valence-corrected chi connectivity index (χ3v) is 6.79. The molecule has 0 saturated carbocycles. The van der Waals surface area contributed by atoms with Crippen LogP contribution in [0.4, 0.5) is 8.78 Å².